The van der Waals surface area contributed by atoms with E-state index in [1.807, 2.05) is 17.9 Å². The lowest BCUT2D eigenvalue weighted by Gasteiger charge is -2.23. The largest absolute Gasteiger partial charge is 0.333 e. The summed E-state index contributed by atoms with van der Waals surface area (Å²) in [6.45, 7) is 2.64. The van der Waals surface area contributed by atoms with Crippen molar-refractivity contribution in [2.24, 2.45) is 7.05 Å². The quantitative estimate of drug-likeness (QED) is 0.694. The third-order valence-electron chi connectivity index (χ3n) is 5.84. The maximum absolute atomic E-state index is 13.2. The number of hydrogen-bond acceptors (Lipinski definition) is 5. The van der Waals surface area contributed by atoms with Gasteiger partial charge in [0.05, 0.1) is 11.7 Å². The van der Waals surface area contributed by atoms with Gasteiger partial charge in [-0.1, -0.05) is 0 Å². The topological polar surface area (TPSA) is 81.2 Å². The van der Waals surface area contributed by atoms with Crippen LogP contribution in [0.25, 0.3) is 5.78 Å². The van der Waals surface area contributed by atoms with E-state index in [-0.39, 0.29) is 17.8 Å². The number of carbonyl (C=O) groups is 1. The molecule has 1 fully saturated rings. The highest BCUT2D eigenvalue weighted by atomic mass is 16.2. The first-order valence-corrected chi connectivity index (χ1v) is 9.67. The van der Waals surface area contributed by atoms with Crippen molar-refractivity contribution >= 4 is 11.7 Å². The van der Waals surface area contributed by atoms with Gasteiger partial charge in [0.1, 0.15) is 5.82 Å². The number of aryl methyl sites for hydroxylation is 2. The number of nitrogens with zero attached hydrogens (tertiary/aromatic N) is 7. The second-order valence-corrected chi connectivity index (χ2v) is 7.52. The standard InChI is InChI=1S/C19H23N7O/c1-12-9-10-20-19-22-16(23-26(12)19)18(27)25-11-5-8-15(25)17-21-13-6-3-4-7-14(13)24(17)2/h9-10,15H,3-8,11H2,1-2H3/t15-/m1/s1. The second kappa shape index (κ2) is 6.14. The highest BCUT2D eigenvalue weighted by Crippen LogP contribution is 2.34. The van der Waals surface area contributed by atoms with Gasteiger partial charge in [-0.05, 0) is 51.5 Å². The predicted molar refractivity (Wildman–Crippen MR) is 98.4 cm³/mol. The number of fused-ring (bicyclic) bond motifs is 2. The fourth-order valence-corrected chi connectivity index (χ4v) is 4.41. The molecular formula is C19H23N7O. The van der Waals surface area contributed by atoms with Gasteiger partial charge < -0.3 is 9.47 Å². The summed E-state index contributed by atoms with van der Waals surface area (Å²) in [6.07, 6.45) is 8.13. The van der Waals surface area contributed by atoms with Gasteiger partial charge in [0.25, 0.3) is 11.7 Å². The van der Waals surface area contributed by atoms with Gasteiger partial charge in [-0.25, -0.2) is 14.5 Å². The van der Waals surface area contributed by atoms with Crippen LogP contribution in [0.1, 0.15) is 65.3 Å². The van der Waals surface area contributed by atoms with Gasteiger partial charge in [-0.2, -0.15) is 4.98 Å². The molecule has 27 heavy (non-hydrogen) atoms. The number of likely N-dealkylation sites (tertiary alicyclic amines) is 1. The van der Waals surface area contributed by atoms with Crippen molar-refractivity contribution in [1.82, 2.24) is 34.0 Å². The minimum atomic E-state index is -0.136. The summed E-state index contributed by atoms with van der Waals surface area (Å²) in [5.41, 5.74) is 3.45. The van der Waals surface area contributed by atoms with Crippen LogP contribution in [0.3, 0.4) is 0 Å². The molecular weight excluding hydrogens is 342 g/mol. The third kappa shape index (κ3) is 2.54. The Kier molecular flexibility index (Phi) is 3.73. The van der Waals surface area contributed by atoms with Crippen molar-refractivity contribution in [2.75, 3.05) is 6.54 Å². The Morgan fingerprint density at radius 2 is 2.04 bits per heavy atom. The molecule has 3 aromatic rings. The summed E-state index contributed by atoms with van der Waals surface area (Å²) in [5.74, 6) is 1.54. The van der Waals surface area contributed by atoms with Gasteiger partial charge >= 0.3 is 0 Å². The van der Waals surface area contributed by atoms with Crippen LogP contribution < -0.4 is 0 Å². The summed E-state index contributed by atoms with van der Waals surface area (Å²) in [7, 11) is 2.09. The molecule has 1 amide bonds. The lowest BCUT2D eigenvalue weighted by Crippen LogP contribution is -2.32. The Balaban J connectivity index is 1.49. The number of imidazole rings is 1. The molecule has 0 spiro atoms. The molecule has 8 nitrogen and oxygen atoms in total. The van der Waals surface area contributed by atoms with Crippen LogP contribution in [0.15, 0.2) is 12.3 Å². The Bertz CT molecular complexity index is 1030. The van der Waals surface area contributed by atoms with Gasteiger partial charge in [0.2, 0.25) is 5.82 Å². The normalized spacial score (nSPS) is 19.6. The van der Waals surface area contributed by atoms with E-state index < -0.39 is 0 Å². The van der Waals surface area contributed by atoms with E-state index in [2.05, 4.69) is 26.7 Å². The second-order valence-electron chi connectivity index (χ2n) is 7.52. The number of hydrogen-bond donors (Lipinski definition) is 0. The zero-order valence-corrected chi connectivity index (χ0v) is 15.7. The predicted octanol–water partition coefficient (Wildman–Crippen LogP) is 2.02. The minimum absolute atomic E-state index is 0.00577. The molecule has 2 aliphatic rings. The maximum atomic E-state index is 13.2. The van der Waals surface area contributed by atoms with Crippen LogP contribution in [-0.4, -0.2) is 46.5 Å². The molecule has 8 heteroatoms. The Labute approximate surface area is 157 Å². The first kappa shape index (κ1) is 16.4. The molecule has 0 saturated carbocycles. The van der Waals surface area contributed by atoms with E-state index in [1.165, 1.54) is 24.2 Å². The van der Waals surface area contributed by atoms with E-state index in [4.69, 9.17) is 4.98 Å². The molecule has 0 aromatic carbocycles. The summed E-state index contributed by atoms with van der Waals surface area (Å²) < 4.78 is 3.84. The summed E-state index contributed by atoms with van der Waals surface area (Å²) in [6, 6.07) is 1.85. The van der Waals surface area contributed by atoms with Crippen LogP contribution >= 0.6 is 0 Å². The average molecular weight is 365 g/mol. The lowest BCUT2D eigenvalue weighted by molar-refractivity contribution is 0.0715. The molecule has 1 saturated heterocycles. The van der Waals surface area contributed by atoms with Crippen LogP contribution in [0.2, 0.25) is 0 Å². The molecule has 1 aliphatic heterocycles. The zero-order chi connectivity index (χ0) is 18.5. The van der Waals surface area contributed by atoms with E-state index >= 15 is 0 Å². The maximum Gasteiger partial charge on any atom is 0.294 e. The van der Waals surface area contributed by atoms with Crippen molar-refractivity contribution < 1.29 is 4.79 Å². The van der Waals surface area contributed by atoms with E-state index in [0.717, 1.165) is 37.2 Å². The van der Waals surface area contributed by atoms with E-state index in [0.29, 0.717) is 12.3 Å². The molecule has 3 aromatic heterocycles. The molecule has 4 heterocycles. The number of amides is 1. The van der Waals surface area contributed by atoms with Crippen LogP contribution in [0, 0.1) is 6.92 Å². The third-order valence-corrected chi connectivity index (χ3v) is 5.84. The number of aromatic nitrogens is 6. The molecule has 5 rings (SSSR count). The van der Waals surface area contributed by atoms with Crippen molar-refractivity contribution in [2.45, 2.75) is 51.5 Å². The summed E-state index contributed by atoms with van der Waals surface area (Å²) >= 11 is 0. The Hall–Kier alpha value is -2.77. The highest BCUT2D eigenvalue weighted by molar-refractivity contribution is 5.91. The van der Waals surface area contributed by atoms with Crippen LogP contribution in [-0.2, 0) is 19.9 Å². The SMILES string of the molecule is Cc1ccnc2nc(C(=O)N3CCC[C@@H]3c3nc4c(n3C)CCCC4)nn12. The van der Waals surface area contributed by atoms with Crippen LogP contribution in [0.4, 0.5) is 0 Å². The molecule has 1 atom stereocenters. The Morgan fingerprint density at radius 1 is 1.19 bits per heavy atom. The van der Waals surface area contributed by atoms with Crippen molar-refractivity contribution in [1.29, 1.82) is 0 Å². The lowest BCUT2D eigenvalue weighted by atomic mass is 10.0. The molecule has 1 aliphatic carbocycles. The zero-order valence-electron chi connectivity index (χ0n) is 15.7. The number of rotatable bonds is 2. The molecule has 0 N–H and O–H groups in total. The first-order valence-electron chi connectivity index (χ1n) is 9.67. The average Bonchev–Trinajstić information content (AvgIpc) is 3.39. The van der Waals surface area contributed by atoms with Crippen LogP contribution in [0.5, 0.6) is 0 Å². The smallest absolute Gasteiger partial charge is 0.294 e. The van der Waals surface area contributed by atoms with E-state index in [1.54, 1.807) is 10.7 Å². The highest BCUT2D eigenvalue weighted by Gasteiger charge is 2.36. The molecule has 0 bridgehead atoms. The van der Waals surface area contributed by atoms with Crippen molar-refractivity contribution in [3.63, 3.8) is 0 Å². The number of carbonyl (C=O) groups excluding carboxylic acids is 1. The van der Waals surface area contributed by atoms with Crippen molar-refractivity contribution in [3.8, 4) is 0 Å². The van der Waals surface area contributed by atoms with Gasteiger partial charge in [-0.15, -0.1) is 5.10 Å². The first-order chi connectivity index (χ1) is 13.1. The fraction of sp³-hybridized carbons (Fsp3) is 0.526. The fourth-order valence-electron chi connectivity index (χ4n) is 4.41. The Morgan fingerprint density at radius 3 is 2.85 bits per heavy atom. The molecule has 0 unspecified atom stereocenters. The van der Waals surface area contributed by atoms with Crippen molar-refractivity contribution in [3.05, 3.63) is 41.0 Å². The minimum Gasteiger partial charge on any atom is -0.333 e. The van der Waals surface area contributed by atoms with Gasteiger partial charge in [0.15, 0.2) is 0 Å². The van der Waals surface area contributed by atoms with Gasteiger partial charge in [0, 0.05) is 31.2 Å². The molecule has 140 valence electrons. The molecule has 0 radical (unpaired) electrons. The summed E-state index contributed by atoms with van der Waals surface area (Å²) in [5, 5.41) is 4.40. The van der Waals surface area contributed by atoms with Gasteiger partial charge in [-0.3, -0.25) is 4.79 Å². The van der Waals surface area contributed by atoms with E-state index in [9.17, 15) is 4.79 Å². The monoisotopic (exact) mass is 365 g/mol. The summed E-state index contributed by atoms with van der Waals surface area (Å²) in [4.78, 5) is 28.6.